The zero-order valence-electron chi connectivity index (χ0n) is 9.46. The van der Waals surface area contributed by atoms with E-state index in [4.69, 9.17) is 22.4 Å². The van der Waals surface area contributed by atoms with Crippen LogP contribution in [-0.2, 0) is 6.54 Å². The lowest BCUT2D eigenvalue weighted by Crippen LogP contribution is -2.19. The molecule has 0 spiro atoms. The van der Waals surface area contributed by atoms with Crippen LogP contribution in [0.2, 0.25) is 0 Å². The molecule has 0 aliphatic carbocycles. The molecule has 0 saturated heterocycles. The van der Waals surface area contributed by atoms with Crippen LogP contribution in [-0.4, -0.2) is 17.0 Å². The van der Waals surface area contributed by atoms with E-state index in [1.165, 1.54) is 0 Å². The highest BCUT2D eigenvalue weighted by atomic mass is 32.1. The normalized spacial score (nSPS) is 10.2. The number of rotatable bonds is 4. The zero-order valence-corrected chi connectivity index (χ0v) is 10.3. The van der Waals surface area contributed by atoms with Gasteiger partial charge in [-0.1, -0.05) is 18.3 Å². The highest BCUT2D eigenvalue weighted by Crippen LogP contribution is 2.13. The van der Waals surface area contributed by atoms with Crippen molar-refractivity contribution in [2.45, 2.75) is 6.54 Å². The lowest BCUT2D eigenvalue weighted by atomic mass is 10.3. The van der Waals surface area contributed by atoms with Crippen molar-refractivity contribution in [1.29, 1.82) is 0 Å². The van der Waals surface area contributed by atoms with E-state index < -0.39 is 0 Å². The van der Waals surface area contributed by atoms with Crippen LogP contribution >= 0.6 is 12.2 Å². The zero-order chi connectivity index (χ0) is 12.3. The molecule has 2 aromatic rings. The Bertz CT molecular complexity index is 510. The minimum atomic E-state index is 0.309. The maximum Gasteiger partial charge on any atom is 0.129 e. The minimum absolute atomic E-state index is 0.309. The van der Waals surface area contributed by atoms with E-state index in [2.05, 4.69) is 4.98 Å². The summed E-state index contributed by atoms with van der Waals surface area (Å²) in [4.78, 5) is 6.70. The Kier molecular flexibility index (Phi) is 3.39. The van der Waals surface area contributed by atoms with Crippen LogP contribution < -0.4 is 10.6 Å². The number of pyridine rings is 1. The molecule has 0 aromatic carbocycles. The Balaban J connectivity index is 2.16. The van der Waals surface area contributed by atoms with Crippen LogP contribution in [0.4, 0.5) is 5.82 Å². The molecule has 2 heterocycles. The van der Waals surface area contributed by atoms with Crippen LogP contribution in [0, 0.1) is 0 Å². The van der Waals surface area contributed by atoms with E-state index in [-0.39, 0.29) is 0 Å². The molecule has 5 heteroatoms. The van der Waals surface area contributed by atoms with Crippen LogP contribution in [0.1, 0.15) is 11.3 Å². The Morgan fingerprint density at radius 3 is 2.94 bits per heavy atom. The molecule has 0 amide bonds. The standard InChI is InChI=1S/C12H13N3OS/c1-15(7-9-5-6-16-8-9)11-4-2-3-10(14-11)12(13)17/h2-6,8H,7H2,1H3,(H2,13,17). The summed E-state index contributed by atoms with van der Waals surface area (Å²) in [5, 5.41) is 0. The summed E-state index contributed by atoms with van der Waals surface area (Å²) in [6.07, 6.45) is 3.37. The number of hydrogen-bond donors (Lipinski definition) is 1. The van der Waals surface area contributed by atoms with Gasteiger partial charge in [-0.25, -0.2) is 4.98 Å². The molecule has 0 atom stereocenters. The van der Waals surface area contributed by atoms with Gasteiger partial charge in [0, 0.05) is 19.2 Å². The van der Waals surface area contributed by atoms with Crippen LogP contribution in [0.5, 0.6) is 0 Å². The van der Waals surface area contributed by atoms with Crippen molar-refractivity contribution in [3.63, 3.8) is 0 Å². The molecule has 2 rings (SSSR count). The Morgan fingerprint density at radius 1 is 1.47 bits per heavy atom. The predicted octanol–water partition coefficient (Wildman–Crippen LogP) is 1.95. The van der Waals surface area contributed by atoms with Gasteiger partial charge in [0.25, 0.3) is 0 Å². The third-order valence-corrected chi connectivity index (χ3v) is 2.59. The van der Waals surface area contributed by atoms with Crippen molar-refractivity contribution >= 4 is 23.0 Å². The van der Waals surface area contributed by atoms with Crippen molar-refractivity contribution in [2.75, 3.05) is 11.9 Å². The molecule has 0 aliphatic heterocycles. The summed E-state index contributed by atoms with van der Waals surface area (Å²) >= 11 is 4.91. The average molecular weight is 247 g/mol. The second-order valence-corrected chi connectivity index (χ2v) is 4.17. The molecule has 17 heavy (non-hydrogen) atoms. The first-order valence-electron chi connectivity index (χ1n) is 5.16. The van der Waals surface area contributed by atoms with Gasteiger partial charge in [-0.2, -0.15) is 0 Å². The Hall–Kier alpha value is -1.88. The molecule has 88 valence electrons. The minimum Gasteiger partial charge on any atom is -0.472 e. The van der Waals surface area contributed by atoms with Gasteiger partial charge >= 0.3 is 0 Å². The SMILES string of the molecule is CN(Cc1ccoc1)c1cccc(C(N)=S)n1. The molecule has 0 saturated carbocycles. The number of nitrogens with two attached hydrogens (primary N) is 1. The van der Waals surface area contributed by atoms with E-state index in [0.29, 0.717) is 10.7 Å². The molecule has 2 N–H and O–H groups in total. The first kappa shape index (κ1) is 11.6. The van der Waals surface area contributed by atoms with Crippen molar-refractivity contribution in [3.05, 3.63) is 48.0 Å². The molecule has 0 unspecified atom stereocenters. The lowest BCUT2D eigenvalue weighted by molar-refractivity contribution is 0.563. The van der Waals surface area contributed by atoms with E-state index >= 15 is 0 Å². The number of furan rings is 1. The smallest absolute Gasteiger partial charge is 0.129 e. The Labute approximate surface area is 105 Å². The Morgan fingerprint density at radius 2 is 2.29 bits per heavy atom. The molecule has 4 nitrogen and oxygen atoms in total. The largest absolute Gasteiger partial charge is 0.472 e. The highest BCUT2D eigenvalue weighted by Gasteiger charge is 2.06. The van der Waals surface area contributed by atoms with Gasteiger partial charge in [0.2, 0.25) is 0 Å². The number of aromatic nitrogens is 1. The third-order valence-electron chi connectivity index (χ3n) is 2.38. The molecule has 0 aliphatic rings. The van der Waals surface area contributed by atoms with Crippen molar-refractivity contribution in [1.82, 2.24) is 4.98 Å². The van der Waals surface area contributed by atoms with Crippen molar-refractivity contribution in [3.8, 4) is 0 Å². The summed E-state index contributed by atoms with van der Waals surface area (Å²) in [6, 6.07) is 7.54. The molecular weight excluding hydrogens is 234 g/mol. The average Bonchev–Trinajstić information content (AvgIpc) is 2.82. The van der Waals surface area contributed by atoms with E-state index in [1.807, 2.05) is 30.1 Å². The summed E-state index contributed by atoms with van der Waals surface area (Å²) in [6.45, 7) is 0.726. The molecule has 0 fully saturated rings. The topological polar surface area (TPSA) is 55.3 Å². The van der Waals surface area contributed by atoms with Gasteiger partial charge in [-0.15, -0.1) is 0 Å². The van der Waals surface area contributed by atoms with Gasteiger partial charge in [0.15, 0.2) is 0 Å². The van der Waals surface area contributed by atoms with Gasteiger partial charge in [0.1, 0.15) is 10.8 Å². The van der Waals surface area contributed by atoms with Gasteiger partial charge in [-0.05, 0) is 18.2 Å². The van der Waals surface area contributed by atoms with Crippen LogP contribution in [0.15, 0.2) is 41.2 Å². The predicted molar refractivity (Wildman–Crippen MR) is 70.9 cm³/mol. The first-order valence-corrected chi connectivity index (χ1v) is 5.56. The van der Waals surface area contributed by atoms with Gasteiger partial charge in [-0.3, -0.25) is 0 Å². The second-order valence-electron chi connectivity index (χ2n) is 3.73. The monoisotopic (exact) mass is 247 g/mol. The third kappa shape index (κ3) is 2.82. The van der Waals surface area contributed by atoms with Gasteiger partial charge in [0.05, 0.1) is 18.2 Å². The fraction of sp³-hybridized carbons (Fsp3) is 0.167. The van der Waals surface area contributed by atoms with Crippen molar-refractivity contribution < 1.29 is 4.42 Å². The fourth-order valence-corrected chi connectivity index (χ4v) is 1.62. The molecule has 0 radical (unpaired) electrons. The van der Waals surface area contributed by atoms with Gasteiger partial charge < -0.3 is 15.1 Å². The summed E-state index contributed by atoms with van der Waals surface area (Å²) in [7, 11) is 1.96. The quantitative estimate of drug-likeness (QED) is 0.837. The fourth-order valence-electron chi connectivity index (χ4n) is 1.51. The first-order chi connectivity index (χ1) is 8.16. The lowest BCUT2D eigenvalue weighted by Gasteiger charge is -2.17. The van der Waals surface area contributed by atoms with E-state index in [1.54, 1.807) is 18.6 Å². The number of nitrogens with zero attached hydrogens (tertiary/aromatic N) is 2. The summed E-state index contributed by atoms with van der Waals surface area (Å²) < 4.78 is 5.03. The number of hydrogen-bond acceptors (Lipinski definition) is 4. The number of thiocarbonyl (C=S) groups is 1. The number of anilines is 1. The van der Waals surface area contributed by atoms with E-state index in [0.717, 1.165) is 17.9 Å². The highest BCUT2D eigenvalue weighted by molar-refractivity contribution is 7.80. The van der Waals surface area contributed by atoms with E-state index in [9.17, 15) is 0 Å². The summed E-state index contributed by atoms with van der Waals surface area (Å²) in [5.74, 6) is 0.830. The van der Waals surface area contributed by atoms with Crippen LogP contribution in [0.3, 0.4) is 0 Å². The maximum absolute atomic E-state index is 5.55. The molecule has 0 bridgehead atoms. The summed E-state index contributed by atoms with van der Waals surface area (Å²) in [5.41, 5.74) is 7.28. The maximum atomic E-state index is 5.55. The van der Waals surface area contributed by atoms with Crippen molar-refractivity contribution in [2.24, 2.45) is 5.73 Å². The van der Waals surface area contributed by atoms with Crippen LogP contribution in [0.25, 0.3) is 0 Å². The molecular formula is C12H13N3OS. The molecule has 2 aromatic heterocycles. The second kappa shape index (κ2) is 4.97.